The molecule has 0 fully saturated rings. The Labute approximate surface area is 175 Å². The molecule has 0 radical (unpaired) electrons. The second-order valence-corrected chi connectivity index (χ2v) is 6.74. The number of ether oxygens (including phenoxy) is 1. The first kappa shape index (κ1) is 20.3. The number of anilines is 2. The smallest absolute Gasteiger partial charge is 0.418 e. The van der Waals surface area contributed by atoms with Crippen LogP contribution in [0.15, 0.2) is 73.1 Å². The minimum Gasteiger partial charge on any atom is -0.480 e. The molecule has 0 bridgehead atoms. The Morgan fingerprint density at radius 1 is 1.10 bits per heavy atom. The highest BCUT2D eigenvalue weighted by Gasteiger charge is 2.33. The number of amides is 1. The topological polar surface area (TPSA) is 81.6 Å². The first-order chi connectivity index (χ1) is 14.8. The molecular weight excluding hydrogens is 409 g/mol. The monoisotopic (exact) mass is 426 g/mol. The van der Waals surface area contributed by atoms with E-state index in [4.69, 9.17) is 10.5 Å². The number of nitrogens with one attached hydrogen (secondary N) is 1. The van der Waals surface area contributed by atoms with E-state index in [9.17, 15) is 18.0 Å². The molecule has 3 N–H and O–H groups in total. The van der Waals surface area contributed by atoms with Crippen LogP contribution in [0, 0.1) is 0 Å². The summed E-state index contributed by atoms with van der Waals surface area (Å²) in [4.78, 5) is 16.8. The van der Waals surface area contributed by atoms with Gasteiger partial charge in [0.2, 0.25) is 0 Å². The molecule has 31 heavy (non-hydrogen) atoms. The van der Waals surface area contributed by atoms with E-state index in [-0.39, 0.29) is 5.69 Å². The lowest BCUT2D eigenvalue weighted by atomic mass is 10.1. The number of pyridine rings is 1. The predicted octanol–water partition coefficient (Wildman–Crippen LogP) is 4.62. The number of rotatable bonds is 5. The highest BCUT2D eigenvalue weighted by atomic mass is 19.4. The van der Waals surface area contributed by atoms with Crippen LogP contribution in [0.5, 0.6) is 5.75 Å². The van der Waals surface area contributed by atoms with Crippen LogP contribution in [0.4, 0.5) is 24.5 Å². The van der Waals surface area contributed by atoms with E-state index in [1.807, 2.05) is 12.1 Å². The Balaban J connectivity index is 1.51. The maximum atomic E-state index is 13.1. The van der Waals surface area contributed by atoms with Crippen molar-refractivity contribution in [2.75, 3.05) is 17.7 Å². The zero-order valence-corrected chi connectivity index (χ0v) is 16.1. The molecule has 2 heterocycles. The van der Waals surface area contributed by atoms with Crippen molar-refractivity contribution in [3.05, 3.63) is 78.6 Å². The van der Waals surface area contributed by atoms with Crippen molar-refractivity contribution in [3.8, 4) is 17.0 Å². The lowest BCUT2D eigenvalue weighted by molar-refractivity contribution is -0.137. The fraction of sp³-hybridized carbons (Fsp3) is 0.0909. The number of carbonyl (C=O) groups excluding carboxylic acids is 1. The summed E-state index contributed by atoms with van der Waals surface area (Å²) in [6.45, 7) is -0.480. The van der Waals surface area contributed by atoms with Gasteiger partial charge in [-0.3, -0.25) is 4.79 Å². The first-order valence-electron chi connectivity index (χ1n) is 9.24. The van der Waals surface area contributed by atoms with Gasteiger partial charge in [-0.05, 0) is 36.4 Å². The molecule has 0 atom stereocenters. The highest BCUT2D eigenvalue weighted by molar-refractivity contribution is 5.92. The molecule has 0 saturated carbocycles. The SMILES string of the molecule is Nc1cccc(-c2cn3cccc(OCC(=O)Nc4ccccc4C(F)(F)F)c3n2)c1. The molecule has 9 heteroatoms. The van der Waals surface area contributed by atoms with Gasteiger partial charge >= 0.3 is 6.18 Å². The van der Waals surface area contributed by atoms with Crippen LogP contribution < -0.4 is 15.8 Å². The van der Waals surface area contributed by atoms with Crippen molar-refractivity contribution in [1.29, 1.82) is 0 Å². The number of alkyl halides is 3. The molecule has 2 aromatic carbocycles. The van der Waals surface area contributed by atoms with Gasteiger partial charge in [-0.2, -0.15) is 13.2 Å². The van der Waals surface area contributed by atoms with Crippen molar-refractivity contribution in [1.82, 2.24) is 9.38 Å². The van der Waals surface area contributed by atoms with Crippen molar-refractivity contribution < 1.29 is 22.7 Å². The number of fused-ring (bicyclic) bond motifs is 1. The van der Waals surface area contributed by atoms with Crippen LogP contribution in [0.25, 0.3) is 16.9 Å². The summed E-state index contributed by atoms with van der Waals surface area (Å²) in [6, 6.07) is 15.3. The van der Waals surface area contributed by atoms with Crippen LogP contribution in [0.3, 0.4) is 0 Å². The fourth-order valence-corrected chi connectivity index (χ4v) is 3.11. The zero-order chi connectivity index (χ0) is 22.0. The van der Waals surface area contributed by atoms with Crippen molar-refractivity contribution in [2.24, 2.45) is 0 Å². The number of nitrogen functional groups attached to an aromatic ring is 1. The number of hydrogen-bond acceptors (Lipinski definition) is 4. The lowest BCUT2D eigenvalue weighted by Crippen LogP contribution is -2.22. The molecule has 0 aliphatic rings. The number of imidazole rings is 1. The van der Waals surface area contributed by atoms with Crippen molar-refractivity contribution >= 4 is 22.9 Å². The average Bonchev–Trinajstić information content (AvgIpc) is 3.17. The summed E-state index contributed by atoms with van der Waals surface area (Å²) in [5, 5.41) is 2.25. The number of hydrogen-bond donors (Lipinski definition) is 2. The molecular formula is C22H17F3N4O2. The maximum Gasteiger partial charge on any atom is 0.418 e. The number of benzene rings is 2. The summed E-state index contributed by atoms with van der Waals surface area (Å²) < 4.78 is 46.5. The average molecular weight is 426 g/mol. The van der Waals surface area contributed by atoms with Gasteiger partial charge in [0.15, 0.2) is 18.0 Å². The van der Waals surface area contributed by atoms with Crippen LogP contribution in [0.2, 0.25) is 0 Å². The van der Waals surface area contributed by atoms with Crippen LogP contribution >= 0.6 is 0 Å². The molecule has 0 unspecified atom stereocenters. The number of carbonyl (C=O) groups is 1. The molecule has 6 nitrogen and oxygen atoms in total. The number of aromatic nitrogens is 2. The predicted molar refractivity (Wildman–Crippen MR) is 111 cm³/mol. The lowest BCUT2D eigenvalue weighted by Gasteiger charge is -2.13. The summed E-state index contributed by atoms with van der Waals surface area (Å²) in [5.74, 6) is -0.404. The standard InChI is InChI=1S/C22H17F3N4O2/c23-22(24,25)16-7-1-2-8-17(16)27-20(30)13-31-19-9-4-10-29-12-18(28-21(19)29)14-5-3-6-15(26)11-14/h1-12H,13,26H2,(H,27,30). The normalized spacial score (nSPS) is 11.5. The van der Waals surface area contributed by atoms with Crippen molar-refractivity contribution in [2.45, 2.75) is 6.18 Å². The van der Waals surface area contributed by atoms with E-state index in [1.165, 1.54) is 18.2 Å². The van der Waals surface area contributed by atoms with Crippen molar-refractivity contribution in [3.63, 3.8) is 0 Å². The number of nitrogens with two attached hydrogens (primary N) is 1. The summed E-state index contributed by atoms with van der Waals surface area (Å²) in [5.41, 5.74) is 7.11. The Morgan fingerprint density at radius 3 is 2.68 bits per heavy atom. The van der Waals surface area contributed by atoms with Crippen LogP contribution in [-0.2, 0) is 11.0 Å². The third kappa shape index (κ3) is 4.45. The van der Waals surface area contributed by atoms with E-state index in [2.05, 4.69) is 10.3 Å². The van der Waals surface area contributed by atoms with Gasteiger partial charge in [-0.25, -0.2) is 4.98 Å². The molecule has 1 amide bonds. The second kappa shape index (κ2) is 8.02. The largest absolute Gasteiger partial charge is 0.480 e. The summed E-state index contributed by atoms with van der Waals surface area (Å²) in [7, 11) is 0. The quantitative estimate of drug-likeness (QED) is 0.457. The maximum absolute atomic E-state index is 13.1. The van der Waals surface area contributed by atoms with Gasteiger partial charge in [-0.15, -0.1) is 0 Å². The molecule has 0 spiro atoms. The zero-order valence-electron chi connectivity index (χ0n) is 16.1. The molecule has 4 rings (SSSR count). The highest BCUT2D eigenvalue weighted by Crippen LogP contribution is 2.34. The molecule has 4 aromatic rings. The van der Waals surface area contributed by atoms with E-state index < -0.39 is 24.3 Å². The molecule has 158 valence electrons. The first-order valence-corrected chi connectivity index (χ1v) is 9.24. The Morgan fingerprint density at radius 2 is 1.90 bits per heavy atom. The number of halogens is 3. The Bertz CT molecular complexity index is 1250. The summed E-state index contributed by atoms with van der Waals surface area (Å²) in [6.07, 6.45) is -1.02. The Hall–Kier alpha value is -4.01. The van der Waals surface area contributed by atoms with Gasteiger partial charge in [-0.1, -0.05) is 24.3 Å². The van der Waals surface area contributed by atoms with E-state index in [0.717, 1.165) is 11.6 Å². The second-order valence-electron chi connectivity index (χ2n) is 6.74. The van der Waals surface area contributed by atoms with Gasteiger partial charge in [0.05, 0.1) is 16.9 Å². The summed E-state index contributed by atoms with van der Waals surface area (Å²) >= 11 is 0. The third-order valence-corrected chi connectivity index (χ3v) is 4.49. The fourth-order valence-electron chi connectivity index (χ4n) is 3.11. The van der Waals surface area contributed by atoms with E-state index in [0.29, 0.717) is 22.8 Å². The van der Waals surface area contributed by atoms with E-state index in [1.54, 1.807) is 41.1 Å². The molecule has 0 aliphatic heterocycles. The van der Waals surface area contributed by atoms with E-state index >= 15 is 0 Å². The molecule has 0 saturated heterocycles. The van der Waals surface area contributed by atoms with Crippen LogP contribution in [0.1, 0.15) is 5.56 Å². The number of nitrogens with zero attached hydrogens (tertiary/aromatic N) is 2. The van der Waals surface area contributed by atoms with Gasteiger partial charge in [0.25, 0.3) is 5.91 Å². The minimum absolute atomic E-state index is 0.317. The molecule has 0 aliphatic carbocycles. The Kier molecular flexibility index (Phi) is 5.24. The van der Waals surface area contributed by atoms with Crippen LogP contribution in [-0.4, -0.2) is 21.9 Å². The molecule has 2 aromatic heterocycles. The minimum atomic E-state index is -4.58. The van der Waals surface area contributed by atoms with Gasteiger partial charge in [0, 0.05) is 23.6 Å². The third-order valence-electron chi connectivity index (χ3n) is 4.49. The number of para-hydroxylation sites is 1. The van der Waals surface area contributed by atoms with Gasteiger partial charge in [0.1, 0.15) is 0 Å². The van der Waals surface area contributed by atoms with Gasteiger partial charge < -0.3 is 20.2 Å².